The lowest BCUT2D eigenvalue weighted by Gasteiger charge is -2.13. The predicted octanol–water partition coefficient (Wildman–Crippen LogP) is 2.76. The summed E-state index contributed by atoms with van der Waals surface area (Å²) >= 11 is 3.49. The number of nitriles is 1. The number of alkyl halides is 1. The summed E-state index contributed by atoms with van der Waals surface area (Å²) in [6, 6.07) is 8.23. The van der Waals surface area contributed by atoms with Gasteiger partial charge >= 0.3 is 0 Å². The molecule has 0 aromatic heterocycles. The highest BCUT2D eigenvalue weighted by Crippen LogP contribution is 2.44. The average Bonchev–Trinajstić information content (AvgIpc) is 2.57. The van der Waals surface area contributed by atoms with E-state index in [1.54, 1.807) is 7.11 Å². The van der Waals surface area contributed by atoms with E-state index in [0.717, 1.165) is 24.2 Å². The minimum atomic E-state index is -0.503. The van der Waals surface area contributed by atoms with Crippen LogP contribution >= 0.6 is 15.9 Å². The van der Waals surface area contributed by atoms with Crippen molar-refractivity contribution in [2.45, 2.75) is 17.2 Å². The molecule has 0 N–H and O–H groups in total. The SMILES string of the molecule is COc1ccc2c(c1)C(Br)(C#N)CC2. The summed E-state index contributed by atoms with van der Waals surface area (Å²) < 4.78 is 4.64. The number of fused-ring (bicyclic) bond motifs is 1. The normalized spacial score (nSPS) is 24.1. The maximum absolute atomic E-state index is 9.10. The molecule has 1 aromatic carbocycles. The smallest absolute Gasteiger partial charge is 0.137 e. The summed E-state index contributed by atoms with van der Waals surface area (Å²) in [6.45, 7) is 0. The Balaban J connectivity index is 2.54. The van der Waals surface area contributed by atoms with Gasteiger partial charge in [0, 0.05) is 0 Å². The molecule has 0 saturated heterocycles. The number of aryl methyl sites for hydroxylation is 1. The topological polar surface area (TPSA) is 33.0 Å². The Bertz CT molecular complexity index is 410. The first kappa shape index (κ1) is 9.54. The first-order chi connectivity index (χ1) is 6.69. The van der Waals surface area contributed by atoms with E-state index in [0.29, 0.717) is 0 Å². The van der Waals surface area contributed by atoms with Crippen molar-refractivity contribution in [2.24, 2.45) is 0 Å². The lowest BCUT2D eigenvalue weighted by molar-refractivity contribution is 0.414. The number of hydrogen-bond donors (Lipinski definition) is 0. The van der Waals surface area contributed by atoms with Gasteiger partial charge in [-0.2, -0.15) is 5.26 Å². The Morgan fingerprint density at radius 3 is 3.00 bits per heavy atom. The molecular weight excluding hydrogens is 242 g/mol. The summed E-state index contributed by atoms with van der Waals surface area (Å²) in [6.07, 6.45) is 1.80. The largest absolute Gasteiger partial charge is 0.497 e. The molecule has 0 saturated carbocycles. The number of hydrogen-bond acceptors (Lipinski definition) is 2. The Morgan fingerprint density at radius 2 is 2.36 bits per heavy atom. The number of ether oxygens (including phenoxy) is 1. The van der Waals surface area contributed by atoms with Crippen LogP contribution in [-0.2, 0) is 10.7 Å². The van der Waals surface area contributed by atoms with Crippen molar-refractivity contribution in [3.8, 4) is 11.8 Å². The van der Waals surface area contributed by atoms with E-state index in [1.807, 2.05) is 18.2 Å². The van der Waals surface area contributed by atoms with Crippen molar-refractivity contribution in [3.63, 3.8) is 0 Å². The average molecular weight is 252 g/mol. The molecule has 1 atom stereocenters. The number of benzene rings is 1. The van der Waals surface area contributed by atoms with Crippen LogP contribution in [0, 0.1) is 11.3 Å². The minimum Gasteiger partial charge on any atom is -0.497 e. The second kappa shape index (κ2) is 3.29. The Kier molecular flexibility index (Phi) is 2.24. The molecule has 1 aliphatic rings. The van der Waals surface area contributed by atoms with Crippen molar-refractivity contribution in [1.29, 1.82) is 5.26 Å². The Labute approximate surface area is 91.6 Å². The van der Waals surface area contributed by atoms with Crippen molar-refractivity contribution in [3.05, 3.63) is 29.3 Å². The standard InChI is InChI=1S/C11H10BrNO/c1-14-9-3-2-8-4-5-11(12,7-13)10(8)6-9/h2-3,6H,4-5H2,1H3. The molecule has 0 radical (unpaired) electrons. The highest BCUT2D eigenvalue weighted by Gasteiger charge is 2.36. The van der Waals surface area contributed by atoms with Crippen molar-refractivity contribution >= 4 is 15.9 Å². The number of nitrogens with zero attached hydrogens (tertiary/aromatic N) is 1. The van der Waals surface area contributed by atoms with Gasteiger partial charge in [-0.25, -0.2) is 0 Å². The molecular formula is C11H10BrNO. The van der Waals surface area contributed by atoms with Gasteiger partial charge in [-0.1, -0.05) is 22.0 Å². The van der Waals surface area contributed by atoms with Gasteiger partial charge in [0.05, 0.1) is 13.2 Å². The van der Waals surface area contributed by atoms with E-state index in [-0.39, 0.29) is 0 Å². The van der Waals surface area contributed by atoms with Crippen LogP contribution in [0.25, 0.3) is 0 Å². The zero-order chi connectivity index (χ0) is 10.2. The van der Waals surface area contributed by atoms with Crippen LogP contribution in [0.1, 0.15) is 17.5 Å². The van der Waals surface area contributed by atoms with E-state index in [9.17, 15) is 0 Å². The van der Waals surface area contributed by atoms with Crippen molar-refractivity contribution in [2.75, 3.05) is 7.11 Å². The van der Waals surface area contributed by atoms with Crippen LogP contribution in [0.2, 0.25) is 0 Å². The number of halogens is 1. The van der Waals surface area contributed by atoms with Gasteiger partial charge < -0.3 is 4.74 Å². The second-order valence-electron chi connectivity index (χ2n) is 3.44. The van der Waals surface area contributed by atoms with Crippen LogP contribution < -0.4 is 4.74 Å². The second-order valence-corrected chi connectivity index (χ2v) is 4.79. The van der Waals surface area contributed by atoms with E-state index < -0.39 is 4.32 Å². The molecule has 0 aliphatic heterocycles. The molecule has 0 amide bonds. The van der Waals surface area contributed by atoms with Crippen LogP contribution in [0.4, 0.5) is 0 Å². The molecule has 2 rings (SSSR count). The maximum atomic E-state index is 9.10. The summed E-state index contributed by atoms with van der Waals surface area (Å²) in [4.78, 5) is 0. The molecule has 0 bridgehead atoms. The molecule has 1 unspecified atom stereocenters. The third kappa shape index (κ3) is 1.31. The summed E-state index contributed by atoms with van der Waals surface area (Å²) in [5.41, 5.74) is 2.29. The molecule has 72 valence electrons. The van der Waals surface area contributed by atoms with Gasteiger partial charge in [0.15, 0.2) is 0 Å². The summed E-state index contributed by atoms with van der Waals surface area (Å²) in [5.74, 6) is 0.810. The van der Waals surface area contributed by atoms with Crippen molar-refractivity contribution in [1.82, 2.24) is 0 Å². The van der Waals surface area contributed by atoms with E-state index in [4.69, 9.17) is 10.00 Å². The molecule has 0 heterocycles. The molecule has 1 aromatic rings. The van der Waals surface area contributed by atoms with E-state index in [2.05, 4.69) is 22.0 Å². The third-order valence-electron chi connectivity index (χ3n) is 2.66. The highest BCUT2D eigenvalue weighted by molar-refractivity contribution is 9.09. The fourth-order valence-corrected chi connectivity index (χ4v) is 2.39. The van der Waals surface area contributed by atoms with Gasteiger partial charge in [0.25, 0.3) is 0 Å². The van der Waals surface area contributed by atoms with Crippen molar-refractivity contribution < 1.29 is 4.74 Å². The molecule has 0 fully saturated rings. The highest BCUT2D eigenvalue weighted by atomic mass is 79.9. The quantitative estimate of drug-likeness (QED) is 0.720. The third-order valence-corrected chi connectivity index (χ3v) is 3.66. The van der Waals surface area contributed by atoms with Gasteiger partial charge in [-0.05, 0) is 36.1 Å². The van der Waals surface area contributed by atoms with Crippen LogP contribution in [0.3, 0.4) is 0 Å². The number of rotatable bonds is 1. The van der Waals surface area contributed by atoms with Crippen LogP contribution in [-0.4, -0.2) is 7.11 Å². The first-order valence-corrected chi connectivity index (χ1v) is 5.26. The van der Waals surface area contributed by atoms with E-state index >= 15 is 0 Å². The minimum absolute atomic E-state index is 0.503. The van der Waals surface area contributed by atoms with Crippen LogP contribution in [0.15, 0.2) is 18.2 Å². The zero-order valence-corrected chi connectivity index (χ0v) is 9.47. The molecule has 2 nitrogen and oxygen atoms in total. The van der Waals surface area contributed by atoms with E-state index in [1.165, 1.54) is 5.56 Å². The van der Waals surface area contributed by atoms with Gasteiger partial charge in [-0.15, -0.1) is 0 Å². The Morgan fingerprint density at radius 1 is 1.57 bits per heavy atom. The molecule has 0 spiro atoms. The Hall–Kier alpha value is -1.01. The maximum Gasteiger partial charge on any atom is 0.137 e. The molecule has 1 aliphatic carbocycles. The molecule has 14 heavy (non-hydrogen) atoms. The predicted molar refractivity (Wildman–Crippen MR) is 57.5 cm³/mol. The lowest BCUT2D eigenvalue weighted by Crippen LogP contribution is -2.10. The zero-order valence-electron chi connectivity index (χ0n) is 7.88. The summed E-state index contributed by atoms with van der Waals surface area (Å²) in [7, 11) is 1.64. The van der Waals surface area contributed by atoms with Gasteiger partial charge in [-0.3, -0.25) is 0 Å². The first-order valence-electron chi connectivity index (χ1n) is 4.47. The fourth-order valence-electron chi connectivity index (χ4n) is 1.83. The number of methoxy groups -OCH3 is 1. The fraction of sp³-hybridized carbons (Fsp3) is 0.364. The molecule has 3 heteroatoms. The monoisotopic (exact) mass is 251 g/mol. The van der Waals surface area contributed by atoms with Crippen LogP contribution in [0.5, 0.6) is 5.75 Å². The lowest BCUT2D eigenvalue weighted by atomic mass is 10.0. The summed E-state index contributed by atoms with van der Waals surface area (Å²) in [5, 5.41) is 9.10. The van der Waals surface area contributed by atoms with Gasteiger partial charge in [0.2, 0.25) is 0 Å². The van der Waals surface area contributed by atoms with Gasteiger partial charge in [0.1, 0.15) is 10.1 Å².